The molecule has 7 heteroatoms. The third-order valence-electron chi connectivity index (χ3n) is 4.00. The zero-order chi connectivity index (χ0) is 16.3. The van der Waals surface area contributed by atoms with Crippen molar-refractivity contribution in [3.8, 4) is 0 Å². The van der Waals surface area contributed by atoms with E-state index in [1.165, 1.54) is 0 Å². The molecule has 1 amide bonds. The second-order valence-electron chi connectivity index (χ2n) is 5.69. The highest BCUT2D eigenvalue weighted by Crippen LogP contribution is 2.26. The largest absolute Gasteiger partial charge is 0.333 e. The zero-order valence-electron chi connectivity index (χ0n) is 12.7. The van der Waals surface area contributed by atoms with Crippen LogP contribution in [-0.4, -0.2) is 47.1 Å². The first-order chi connectivity index (χ1) is 11.1. The number of amides is 1. The van der Waals surface area contributed by atoms with Crippen molar-refractivity contribution in [3.05, 3.63) is 54.4 Å². The van der Waals surface area contributed by atoms with Crippen molar-refractivity contribution in [1.82, 2.24) is 14.7 Å². The quantitative estimate of drug-likeness (QED) is 0.848. The van der Waals surface area contributed by atoms with Gasteiger partial charge in [0, 0.05) is 18.9 Å². The Morgan fingerprint density at radius 1 is 1.22 bits per heavy atom. The van der Waals surface area contributed by atoms with Gasteiger partial charge in [-0.3, -0.25) is 9.48 Å². The molecule has 0 unspecified atom stereocenters. The van der Waals surface area contributed by atoms with Crippen molar-refractivity contribution in [3.63, 3.8) is 0 Å². The molecule has 0 radical (unpaired) electrons. The molecule has 122 valence electrons. The first kappa shape index (κ1) is 15.7. The van der Waals surface area contributed by atoms with Crippen LogP contribution in [0, 0.1) is 0 Å². The molecule has 0 aliphatic carbocycles. The lowest BCUT2D eigenvalue weighted by atomic mass is 10.1. The molecule has 2 heterocycles. The van der Waals surface area contributed by atoms with Crippen LogP contribution in [0.5, 0.6) is 0 Å². The highest BCUT2D eigenvalue weighted by Gasteiger charge is 2.32. The molecule has 2 aromatic rings. The molecule has 23 heavy (non-hydrogen) atoms. The second-order valence-corrected chi connectivity index (χ2v) is 7.91. The Hall–Kier alpha value is -2.15. The average Bonchev–Trinajstić information content (AvgIpc) is 2.97. The van der Waals surface area contributed by atoms with Gasteiger partial charge in [0.1, 0.15) is 6.54 Å². The summed E-state index contributed by atoms with van der Waals surface area (Å²) in [5, 5.41) is 4.05. The fraction of sp³-hybridized carbons (Fsp3) is 0.375. The van der Waals surface area contributed by atoms with Gasteiger partial charge in [0.25, 0.3) is 0 Å². The van der Waals surface area contributed by atoms with E-state index in [1.54, 1.807) is 28.0 Å². The number of hydrogen-bond donors (Lipinski definition) is 0. The highest BCUT2D eigenvalue weighted by molar-refractivity contribution is 7.91. The van der Waals surface area contributed by atoms with Gasteiger partial charge in [0.2, 0.25) is 5.91 Å². The number of carbonyl (C=O) groups is 1. The van der Waals surface area contributed by atoms with Crippen molar-refractivity contribution in [2.75, 3.05) is 18.1 Å². The average molecular weight is 333 g/mol. The molecule has 1 aromatic heterocycles. The first-order valence-electron chi connectivity index (χ1n) is 7.57. The standard InChI is InChI=1S/C16H19N3O3S/c20-16(12-18-9-4-8-17-18)19-10-5-11-23(21,22)13-15(19)14-6-2-1-3-7-14/h1-4,6-9,15H,5,10-13H2/t15-/m0/s1. The van der Waals surface area contributed by atoms with Gasteiger partial charge >= 0.3 is 0 Å². The lowest BCUT2D eigenvalue weighted by Crippen LogP contribution is -2.39. The maximum Gasteiger partial charge on any atom is 0.244 e. The Morgan fingerprint density at radius 3 is 2.70 bits per heavy atom. The molecule has 3 rings (SSSR count). The Balaban J connectivity index is 1.89. The van der Waals surface area contributed by atoms with Crippen LogP contribution < -0.4 is 0 Å². The van der Waals surface area contributed by atoms with Gasteiger partial charge < -0.3 is 4.90 Å². The summed E-state index contributed by atoms with van der Waals surface area (Å²) in [6.07, 6.45) is 3.81. The third kappa shape index (κ3) is 3.79. The smallest absolute Gasteiger partial charge is 0.244 e. The highest BCUT2D eigenvalue weighted by atomic mass is 32.2. The minimum absolute atomic E-state index is 0.0259. The molecule has 0 spiro atoms. The summed E-state index contributed by atoms with van der Waals surface area (Å²) in [6, 6.07) is 10.7. The third-order valence-corrected chi connectivity index (χ3v) is 5.74. The number of aromatic nitrogens is 2. The maximum atomic E-state index is 12.7. The minimum Gasteiger partial charge on any atom is -0.333 e. The topological polar surface area (TPSA) is 72.3 Å². The van der Waals surface area contributed by atoms with E-state index < -0.39 is 15.9 Å². The fourth-order valence-electron chi connectivity index (χ4n) is 2.90. The molecule has 1 atom stereocenters. The van der Waals surface area contributed by atoms with E-state index in [2.05, 4.69) is 5.10 Å². The summed E-state index contributed by atoms with van der Waals surface area (Å²) in [4.78, 5) is 14.4. The summed E-state index contributed by atoms with van der Waals surface area (Å²) in [6.45, 7) is 0.565. The lowest BCUT2D eigenvalue weighted by Gasteiger charge is -2.30. The van der Waals surface area contributed by atoms with Crippen LogP contribution in [0.2, 0.25) is 0 Å². The predicted octanol–water partition coefficient (Wildman–Crippen LogP) is 1.27. The summed E-state index contributed by atoms with van der Waals surface area (Å²) in [5.41, 5.74) is 0.854. The Kier molecular flexibility index (Phi) is 4.47. The van der Waals surface area contributed by atoms with Gasteiger partial charge in [-0.25, -0.2) is 8.42 Å². The van der Waals surface area contributed by atoms with E-state index in [4.69, 9.17) is 0 Å². The van der Waals surface area contributed by atoms with Crippen molar-refractivity contribution < 1.29 is 13.2 Å². The molecule has 1 fully saturated rings. The fourth-order valence-corrected chi connectivity index (χ4v) is 4.49. The number of rotatable bonds is 3. The van der Waals surface area contributed by atoms with Crippen LogP contribution in [0.1, 0.15) is 18.0 Å². The summed E-state index contributed by atoms with van der Waals surface area (Å²) in [5.74, 6) is -0.0105. The normalized spacial score (nSPS) is 20.9. The van der Waals surface area contributed by atoms with Crippen molar-refractivity contribution in [1.29, 1.82) is 0 Å². The SMILES string of the molecule is O=C(Cn1cccn1)N1CCCS(=O)(=O)C[C@H]1c1ccccc1. The molecule has 1 saturated heterocycles. The van der Waals surface area contributed by atoms with Crippen LogP contribution in [0.15, 0.2) is 48.8 Å². The van der Waals surface area contributed by atoms with Gasteiger partial charge in [-0.1, -0.05) is 30.3 Å². The lowest BCUT2D eigenvalue weighted by molar-refractivity contribution is -0.134. The van der Waals surface area contributed by atoms with E-state index in [1.807, 2.05) is 30.3 Å². The number of sulfone groups is 1. The molecule has 1 aliphatic rings. The summed E-state index contributed by atoms with van der Waals surface area (Å²) >= 11 is 0. The van der Waals surface area contributed by atoms with Crippen LogP contribution in [0.4, 0.5) is 0 Å². The zero-order valence-corrected chi connectivity index (χ0v) is 13.5. The van der Waals surface area contributed by atoms with Gasteiger partial charge in [0.05, 0.1) is 17.5 Å². The molecule has 0 bridgehead atoms. The molecular weight excluding hydrogens is 314 g/mol. The van der Waals surface area contributed by atoms with Crippen molar-refractivity contribution in [2.45, 2.75) is 19.0 Å². The minimum atomic E-state index is -3.16. The van der Waals surface area contributed by atoms with Crippen LogP contribution in [0.25, 0.3) is 0 Å². The van der Waals surface area contributed by atoms with E-state index in [0.29, 0.717) is 13.0 Å². The Morgan fingerprint density at radius 2 is 2.00 bits per heavy atom. The maximum absolute atomic E-state index is 12.7. The second kappa shape index (κ2) is 6.54. The van der Waals surface area contributed by atoms with E-state index in [9.17, 15) is 13.2 Å². The predicted molar refractivity (Wildman–Crippen MR) is 86.4 cm³/mol. The molecule has 1 aliphatic heterocycles. The Bertz CT molecular complexity index is 757. The summed E-state index contributed by atoms with van der Waals surface area (Å²) in [7, 11) is -3.16. The number of nitrogens with zero attached hydrogens (tertiary/aromatic N) is 3. The van der Waals surface area contributed by atoms with Gasteiger partial charge in [0.15, 0.2) is 9.84 Å². The van der Waals surface area contributed by atoms with E-state index in [0.717, 1.165) is 5.56 Å². The van der Waals surface area contributed by atoms with Gasteiger partial charge in [-0.2, -0.15) is 5.10 Å². The first-order valence-corrected chi connectivity index (χ1v) is 9.39. The van der Waals surface area contributed by atoms with E-state index in [-0.39, 0.29) is 24.0 Å². The van der Waals surface area contributed by atoms with Crippen LogP contribution in [-0.2, 0) is 21.2 Å². The van der Waals surface area contributed by atoms with Crippen LogP contribution in [0.3, 0.4) is 0 Å². The molecular formula is C16H19N3O3S. The van der Waals surface area contributed by atoms with E-state index >= 15 is 0 Å². The number of hydrogen-bond acceptors (Lipinski definition) is 4. The number of carbonyl (C=O) groups excluding carboxylic acids is 1. The molecule has 0 N–H and O–H groups in total. The Labute approximate surface area is 135 Å². The van der Waals surface area contributed by atoms with Gasteiger partial charge in [-0.15, -0.1) is 0 Å². The van der Waals surface area contributed by atoms with Gasteiger partial charge in [-0.05, 0) is 18.1 Å². The molecule has 0 saturated carbocycles. The number of benzene rings is 1. The monoisotopic (exact) mass is 333 g/mol. The summed E-state index contributed by atoms with van der Waals surface area (Å²) < 4.78 is 25.9. The van der Waals surface area contributed by atoms with Crippen LogP contribution >= 0.6 is 0 Å². The van der Waals surface area contributed by atoms with Crippen molar-refractivity contribution in [2.24, 2.45) is 0 Å². The molecule has 1 aromatic carbocycles. The molecule has 6 nitrogen and oxygen atoms in total. The van der Waals surface area contributed by atoms with Crippen molar-refractivity contribution >= 4 is 15.7 Å².